The summed E-state index contributed by atoms with van der Waals surface area (Å²) in [6.45, 7) is 3.74. The van der Waals surface area contributed by atoms with Gasteiger partial charge in [-0.15, -0.1) is 0 Å². The maximum Gasteiger partial charge on any atom is 0.338 e. The van der Waals surface area contributed by atoms with Crippen molar-refractivity contribution in [3.8, 4) is 0 Å². The van der Waals surface area contributed by atoms with Crippen molar-refractivity contribution in [2.75, 3.05) is 6.61 Å². The first-order valence-corrected chi connectivity index (χ1v) is 9.66. The van der Waals surface area contributed by atoms with Crippen molar-refractivity contribution in [1.29, 1.82) is 0 Å². The van der Waals surface area contributed by atoms with Gasteiger partial charge in [-0.2, -0.15) is 0 Å². The Morgan fingerprint density at radius 2 is 1.88 bits per heavy atom. The minimum Gasteiger partial charge on any atom is -0.462 e. The van der Waals surface area contributed by atoms with Gasteiger partial charge in [-0.1, -0.05) is 30.3 Å². The van der Waals surface area contributed by atoms with Crippen LogP contribution in [0.2, 0.25) is 0 Å². The molecule has 0 aliphatic carbocycles. The van der Waals surface area contributed by atoms with Gasteiger partial charge in [0.2, 0.25) is 10.0 Å². The number of ether oxygens (including phenoxy) is 1. The Morgan fingerprint density at radius 3 is 2.46 bits per heavy atom. The van der Waals surface area contributed by atoms with Crippen molar-refractivity contribution in [3.05, 3.63) is 64.1 Å². The molecular weight excluding hydrogens is 394 g/mol. The van der Waals surface area contributed by atoms with Crippen LogP contribution >= 0.6 is 15.9 Å². The fraction of sp³-hybridized carbons (Fsp3) is 0.235. The Hall–Kier alpha value is -1.70. The molecule has 128 valence electrons. The molecule has 2 rings (SSSR count). The Bertz CT molecular complexity index is 822. The summed E-state index contributed by atoms with van der Waals surface area (Å²) in [6.07, 6.45) is 0. The highest BCUT2D eigenvalue weighted by atomic mass is 79.9. The third kappa shape index (κ3) is 4.43. The highest BCUT2D eigenvalue weighted by molar-refractivity contribution is 9.10. The molecule has 0 fully saturated rings. The monoisotopic (exact) mass is 411 g/mol. The van der Waals surface area contributed by atoms with Crippen molar-refractivity contribution in [2.24, 2.45) is 0 Å². The lowest BCUT2D eigenvalue weighted by Gasteiger charge is -2.15. The van der Waals surface area contributed by atoms with Crippen LogP contribution in [-0.4, -0.2) is 21.0 Å². The van der Waals surface area contributed by atoms with Gasteiger partial charge in [0.1, 0.15) is 0 Å². The molecule has 2 aromatic carbocycles. The molecule has 0 saturated carbocycles. The zero-order valence-corrected chi connectivity index (χ0v) is 15.7. The lowest BCUT2D eigenvalue weighted by Crippen LogP contribution is -2.27. The smallest absolute Gasteiger partial charge is 0.338 e. The molecule has 0 amide bonds. The Morgan fingerprint density at radius 1 is 1.21 bits per heavy atom. The lowest BCUT2D eigenvalue weighted by atomic mass is 10.1. The lowest BCUT2D eigenvalue weighted by molar-refractivity contribution is 0.0526. The van der Waals surface area contributed by atoms with Crippen molar-refractivity contribution >= 4 is 31.9 Å². The predicted molar refractivity (Wildman–Crippen MR) is 95.3 cm³/mol. The third-order valence-electron chi connectivity index (χ3n) is 3.36. The van der Waals surface area contributed by atoms with Gasteiger partial charge in [0.15, 0.2) is 0 Å². The number of benzene rings is 2. The standard InChI is InChI=1S/C17H18BrNO4S/c1-3-23-17(20)14-9-10-16(15(18)11-14)24(21,22)19-12(2)13-7-5-4-6-8-13/h4-12,19H,3H2,1-2H3. The molecule has 0 heterocycles. The number of hydrogen-bond acceptors (Lipinski definition) is 4. The second-order valence-electron chi connectivity index (χ2n) is 5.12. The quantitative estimate of drug-likeness (QED) is 0.735. The third-order valence-corrected chi connectivity index (χ3v) is 5.88. The van der Waals surface area contributed by atoms with E-state index < -0.39 is 16.0 Å². The van der Waals surface area contributed by atoms with Crippen LogP contribution in [-0.2, 0) is 14.8 Å². The fourth-order valence-corrected chi connectivity index (χ4v) is 4.48. The van der Waals surface area contributed by atoms with Gasteiger partial charge in [0, 0.05) is 10.5 Å². The molecule has 0 aliphatic rings. The van der Waals surface area contributed by atoms with E-state index in [9.17, 15) is 13.2 Å². The van der Waals surface area contributed by atoms with E-state index in [4.69, 9.17) is 4.74 Å². The number of halogens is 1. The summed E-state index contributed by atoms with van der Waals surface area (Å²) >= 11 is 3.22. The normalized spacial score (nSPS) is 12.6. The molecular formula is C17H18BrNO4S. The predicted octanol–water partition coefficient (Wildman–Crippen LogP) is 3.67. The Labute approximate surface area is 150 Å². The first-order chi connectivity index (χ1) is 11.3. The van der Waals surface area contributed by atoms with E-state index in [0.717, 1.165) is 5.56 Å². The van der Waals surface area contributed by atoms with Crippen molar-refractivity contribution in [2.45, 2.75) is 24.8 Å². The van der Waals surface area contributed by atoms with Crippen molar-refractivity contribution in [3.63, 3.8) is 0 Å². The largest absolute Gasteiger partial charge is 0.462 e. The van der Waals surface area contributed by atoms with Gasteiger partial charge < -0.3 is 4.74 Å². The zero-order valence-electron chi connectivity index (χ0n) is 13.3. The summed E-state index contributed by atoms with van der Waals surface area (Å²) in [5, 5.41) is 0. The number of carbonyl (C=O) groups excluding carboxylic acids is 1. The summed E-state index contributed by atoms with van der Waals surface area (Å²) in [4.78, 5) is 11.8. The molecule has 1 N–H and O–H groups in total. The highest BCUT2D eigenvalue weighted by Crippen LogP contribution is 2.25. The molecule has 24 heavy (non-hydrogen) atoms. The van der Waals surface area contributed by atoms with Gasteiger partial charge >= 0.3 is 5.97 Å². The van der Waals surface area contributed by atoms with Crippen LogP contribution < -0.4 is 4.72 Å². The van der Waals surface area contributed by atoms with Crippen molar-refractivity contribution in [1.82, 2.24) is 4.72 Å². The molecule has 0 spiro atoms. The highest BCUT2D eigenvalue weighted by Gasteiger charge is 2.22. The molecule has 1 unspecified atom stereocenters. The fourth-order valence-electron chi connectivity index (χ4n) is 2.17. The van der Waals surface area contributed by atoms with Gasteiger partial charge in [0.05, 0.1) is 17.1 Å². The van der Waals surface area contributed by atoms with Crippen LogP contribution in [0.3, 0.4) is 0 Å². The summed E-state index contributed by atoms with van der Waals surface area (Å²) in [6, 6.07) is 13.2. The van der Waals surface area contributed by atoms with E-state index in [1.165, 1.54) is 18.2 Å². The van der Waals surface area contributed by atoms with E-state index in [1.54, 1.807) is 13.8 Å². The van der Waals surface area contributed by atoms with Crippen molar-refractivity contribution < 1.29 is 17.9 Å². The summed E-state index contributed by atoms with van der Waals surface area (Å²) in [5.74, 6) is -0.493. The second-order valence-corrected chi connectivity index (χ2v) is 7.66. The Balaban J connectivity index is 2.25. The van der Waals surface area contributed by atoms with Crippen LogP contribution in [0.1, 0.15) is 35.8 Å². The first kappa shape index (κ1) is 18.6. The molecule has 5 nitrogen and oxygen atoms in total. The molecule has 2 aromatic rings. The number of carbonyl (C=O) groups is 1. The molecule has 0 aliphatic heterocycles. The average molecular weight is 412 g/mol. The molecule has 0 bridgehead atoms. The number of hydrogen-bond donors (Lipinski definition) is 1. The van der Waals surface area contributed by atoms with Gasteiger partial charge in [0.25, 0.3) is 0 Å². The summed E-state index contributed by atoms with van der Waals surface area (Å²) in [5.41, 5.74) is 1.15. The van der Waals surface area contributed by atoms with Crippen LogP contribution in [0.25, 0.3) is 0 Å². The van der Waals surface area contributed by atoms with E-state index in [2.05, 4.69) is 20.7 Å². The van der Waals surface area contributed by atoms with Crippen LogP contribution in [0.5, 0.6) is 0 Å². The number of esters is 1. The molecule has 7 heteroatoms. The topological polar surface area (TPSA) is 72.5 Å². The molecule has 1 atom stereocenters. The van der Waals surface area contributed by atoms with Crippen LogP contribution in [0, 0.1) is 0 Å². The van der Waals surface area contributed by atoms with Gasteiger partial charge in [-0.25, -0.2) is 17.9 Å². The van der Waals surface area contributed by atoms with Crippen LogP contribution in [0.4, 0.5) is 0 Å². The SMILES string of the molecule is CCOC(=O)c1ccc(S(=O)(=O)NC(C)c2ccccc2)c(Br)c1. The average Bonchev–Trinajstić information content (AvgIpc) is 2.55. The number of sulfonamides is 1. The molecule has 0 saturated heterocycles. The summed E-state index contributed by atoms with van der Waals surface area (Å²) < 4.78 is 33.0. The first-order valence-electron chi connectivity index (χ1n) is 7.39. The minimum absolute atomic E-state index is 0.0679. The van der Waals surface area contributed by atoms with E-state index in [1.807, 2.05) is 30.3 Å². The van der Waals surface area contributed by atoms with E-state index in [-0.39, 0.29) is 17.5 Å². The number of nitrogens with one attached hydrogen (secondary N) is 1. The molecule has 0 aromatic heterocycles. The van der Waals surface area contributed by atoms with Crippen LogP contribution in [0.15, 0.2) is 57.9 Å². The Kier molecular flexibility index (Phi) is 6.15. The van der Waals surface area contributed by atoms with Gasteiger partial charge in [-0.05, 0) is 53.5 Å². The molecule has 0 radical (unpaired) electrons. The second kappa shape index (κ2) is 7.92. The zero-order chi connectivity index (χ0) is 17.7. The van der Waals surface area contributed by atoms with E-state index >= 15 is 0 Å². The van der Waals surface area contributed by atoms with Gasteiger partial charge in [-0.3, -0.25) is 0 Å². The number of rotatable bonds is 6. The summed E-state index contributed by atoms with van der Waals surface area (Å²) in [7, 11) is -3.74. The minimum atomic E-state index is -3.74. The maximum atomic E-state index is 12.6. The van der Waals surface area contributed by atoms with E-state index in [0.29, 0.717) is 10.0 Å². The maximum absolute atomic E-state index is 12.6.